The van der Waals surface area contributed by atoms with Crippen LogP contribution in [0.4, 0.5) is 11.4 Å². The van der Waals surface area contributed by atoms with E-state index in [1.54, 1.807) is 0 Å². The first-order chi connectivity index (χ1) is 14.8. The van der Waals surface area contributed by atoms with Gasteiger partial charge in [0.2, 0.25) is 0 Å². The zero-order valence-electron chi connectivity index (χ0n) is 16.1. The van der Waals surface area contributed by atoms with Crippen LogP contribution in [0.3, 0.4) is 0 Å². The molecule has 31 heavy (non-hydrogen) atoms. The van der Waals surface area contributed by atoms with Crippen LogP contribution in [-0.2, 0) is 20.7 Å². The van der Waals surface area contributed by atoms with Gasteiger partial charge in [0, 0.05) is 29.9 Å². The Hall–Kier alpha value is -3.17. The number of hydrogen-bond acceptors (Lipinski definition) is 6. The maximum absolute atomic E-state index is 12.5. The van der Waals surface area contributed by atoms with E-state index in [0.717, 1.165) is 0 Å². The summed E-state index contributed by atoms with van der Waals surface area (Å²) >= 11 is 11.7. The fourth-order valence-corrected chi connectivity index (χ4v) is 3.42. The molecule has 9 nitrogen and oxygen atoms in total. The summed E-state index contributed by atoms with van der Waals surface area (Å²) in [5.41, 5.74) is 1.43. The minimum atomic E-state index is -0.789. The average molecular weight is 466 g/mol. The number of carbonyl (C=O) groups excluding carboxylic acids is 3. The molecular weight excluding hydrogens is 449 g/mol. The van der Waals surface area contributed by atoms with Gasteiger partial charge < -0.3 is 15.0 Å². The highest BCUT2D eigenvalue weighted by atomic mass is 35.5. The van der Waals surface area contributed by atoms with E-state index in [0.29, 0.717) is 35.7 Å². The number of nitro groups is 1. The molecule has 0 aromatic heterocycles. The van der Waals surface area contributed by atoms with Gasteiger partial charge in [-0.2, -0.15) is 0 Å². The number of nitrogens with zero attached hydrogens (tertiary/aromatic N) is 2. The van der Waals surface area contributed by atoms with Crippen LogP contribution in [0, 0.1) is 10.1 Å². The molecule has 0 unspecified atom stereocenters. The van der Waals surface area contributed by atoms with E-state index in [2.05, 4.69) is 5.32 Å². The van der Waals surface area contributed by atoms with Crippen molar-refractivity contribution in [1.29, 1.82) is 0 Å². The van der Waals surface area contributed by atoms with Gasteiger partial charge in [0.1, 0.15) is 6.54 Å². The zero-order chi connectivity index (χ0) is 22.5. The zero-order valence-corrected chi connectivity index (χ0v) is 17.6. The van der Waals surface area contributed by atoms with Gasteiger partial charge in [-0.3, -0.25) is 24.5 Å². The monoisotopic (exact) mass is 465 g/mol. The number of amides is 2. The van der Waals surface area contributed by atoms with Gasteiger partial charge in [-0.05, 0) is 42.7 Å². The predicted octanol–water partition coefficient (Wildman–Crippen LogP) is 3.15. The summed E-state index contributed by atoms with van der Waals surface area (Å²) < 4.78 is 4.96. The lowest BCUT2D eigenvalue weighted by Crippen LogP contribution is -2.39. The van der Waals surface area contributed by atoms with E-state index in [9.17, 15) is 24.5 Å². The second kappa shape index (κ2) is 9.76. The van der Waals surface area contributed by atoms with Crippen molar-refractivity contribution >= 4 is 52.4 Å². The van der Waals surface area contributed by atoms with Crippen LogP contribution in [0.5, 0.6) is 0 Å². The average Bonchev–Trinajstić information content (AvgIpc) is 2.76. The van der Waals surface area contributed by atoms with E-state index >= 15 is 0 Å². The largest absolute Gasteiger partial charge is 0.454 e. The molecule has 1 N–H and O–H groups in total. The summed E-state index contributed by atoms with van der Waals surface area (Å²) in [6, 6.07) is 8.57. The summed E-state index contributed by atoms with van der Waals surface area (Å²) in [5.74, 6) is -1.80. The first-order valence-corrected chi connectivity index (χ1v) is 9.98. The van der Waals surface area contributed by atoms with E-state index < -0.39 is 35.9 Å². The minimum Gasteiger partial charge on any atom is -0.454 e. The molecule has 3 rings (SSSR count). The number of non-ortho nitro benzene ring substituents is 1. The molecule has 1 aliphatic heterocycles. The van der Waals surface area contributed by atoms with Gasteiger partial charge in [-0.15, -0.1) is 0 Å². The molecule has 0 saturated heterocycles. The topological polar surface area (TPSA) is 119 Å². The molecule has 0 spiro atoms. The van der Waals surface area contributed by atoms with Crippen LogP contribution < -0.4 is 10.2 Å². The molecule has 0 fully saturated rings. The van der Waals surface area contributed by atoms with E-state index in [1.807, 2.05) is 0 Å². The first-order valence-electron chi connectivity index (χ1n) is 9.23. The fraction of sp³-hybridized carbons (Fsp3) is 0.250. The van der Waals surface area contributed by atoms with Crippen LogP contribution in [-0.4, -0.2) is 42.4 Å². The number of benzene rings is 2. The normalized spacial score (nSPS) is 12.6. The number of anilines is 1. The Morgan fingerprint density at radius 2 is 1.90 bits per heavy atom. The van der Waals surface area contributed by atoms with Crippen molar-refractivity contribution in [3.05, 3.63) is 67.7 Å². The van der Waals surface area contributed by atoms with Crippen molar-refractivity contribution in [3.63, 3.8) is 0 Å². The summed E-state index contributed by atoms with van der Waals surface area (Å²) in [6.07, 6.45) is 1.24. The number of esters is 1. The fourth-order valence-electron chi connectivity index (χ4n) is 3.12. The van der Waals surface area contributed by atoms with E-state index in [4.69, 9.17) is 27.9 Å². The van der Waals surface area contributed by atoms with Gasteiger partial charge in [0.25, 0.3) is 17.5 Å². The lowest BCUT2D eigenvalue weighted by atomic mass is 10.0. The molecule has 0 bridgehead atoms. The van der Waals surface area contributed by atoms with Crippen LogP contribution in [0.15, 0.2) is 36.4 Å². The molecule has 0 radical (unpaired) electrons. The third-order valence-corrected chi connectivity index (χ3v) is 5.36. The molecule has 2 amide bonds. The summed E-state index contributed by atoms with van der Waals surface area (Å²) in [7, 11) is 0. The number of carbonyl (C=O) groups is 3. The molecule has 1 heterocycles. The quantitative estimate of drug-likeness (QED) is 0.397. The summed E-state index contributed by atoms with van der Waals surface area (Å²) in [6.45, 7) is -0.539. The molecule has 1 aliphatic rings. The Balaban J connectivity index is 1.53. The number of halogens is 2. The number of hydrogen-bond donors (Lipinski definition) is 1. The molecule has 0 atom stereocenters. The number of rotatable bonds is 6. The molecular formula is C20H17Cl2N3O6. The Kier molecular flexibility index (Phi) is 7.09. The molecule has 0 saturated carbocycles. The molecule has 162 valence electrons. The third-order valence-electron chi connectivity index (χ3n) is 4.63. The van der Waals surface area contributed by atoms with E-state index in [-0.39, 0.29) is 16.3 Å². The number of nitro benzene ring substituents is 1. The smallest absolute Gasteiger partial charge is 0.325 e. The molecule has 2 aromatic carbocycles. The van der Waals surface area contributed by atoms with E-state index in [1.165, 1.54) is 41.3 Å². The van der Waals surface area contributed by atoms with Gasteiger partial charge >= 0.3 is 5.97 Å². The van der Waals surface area contributed by atoms with Crippen LogP contribution >= 0.6 is 23.2 Å². The number of ether oxygens (including phenoxy) is 1. The SMILES string of the molecule is O=C(CNC(=O)c1ccc(Cl)c(Cl)c1)OCC(=O)N1CCCc2cc([N+](=O)[O-])ccc21. The standard InChI is InChI=1S/C20H17Cl2N3O6/c21-15-5-3-13(9-16(15)22)20(28)23-10-19(27)31-11-18(26)24-7-1-2-12-8-14(25(29)30)4-6-17(12)24/h3-6,8-9H,1-2,7,10-11H2,(H,23,28). The van der Waals surface area contributed by atoms with Crippen LogP contribution in [0.1, 0.15) is 22.3 Å². The Bertz CT molecular complexity index is 1060. The summed E-state index contributed by atoms with van der Waals surface area (Å²) in [5, 5.41) is 13.8. The molecule has 2 aromatic rings. The lowest BCUT2D eigenvalue weighted by molar-refractivity contribution is -0.384. The van der Waals surface area contributed by atoms with Crippen LogP contribution in [0.25, 0.3) is 0 Å². The number of aryl methyl sites for hydroxylation is 1. The highest BCUT2D eigenvalue weighted by molar-refractivity contribution is 6.42. The molecule has 11 heteroatoms. The first kappa shape index (κ1) is 22.5. The minimum absolute atomic E-state index is 0.0443. The highest BCUT2D eigenvalue weighted by Gasteiger charge is 2.25. The second-order valence-electron chi connectivity index (χ2n) is 6.69. The number of fused-ring (bicyclic) bond motifs is 1. The van der Waals surface area contributed by atoms with Gasteiger partial charge in [-0.25, -0.2) is 0 Å². The summed E-state index contributed by atoms with van der Waals surface area (Å²) in [4.78, 5) is 48.4. The van der Waals surface area contributed by atoms with Gasteiger partial charge in [0.05, 0.1) is 15.0 Å². The predicted molar refractivity (Wildman–Crippen MR) is 114 cm³/mol. The van der Waals surface area contributed by atoms with Gasteiger partial charge in [0.15, 0.2) is 6.61 Å². The van der Waals surface area contributed by atoms with Gasteiger partial charge in [-0.1, -0.05) is 23.2 Å². The third kappa shape index (κ3) is 5.50. The highest BCUT2D eigenvalue weighted by Crippen LogP contribution is 2.30. The van der Waals surface area contributed by atoms with Crippen molar-refractivity contribution in [2.24, 2.45) is 0 Å². The van der Waals surface area contributed by atoms with Crippen molar-refractivity contribution in [1.82, 2.24) is 5.32 Å². The van der Waals surface area contributed by atoms with Crippen molar-refractivity contribution in [2.45, 2.75) is 12.8 Å². The van der Waals surface area contributed by atoms with Crippen LogP contribution in [0.2, 0.25) is 10.0 Å². The number of nitrogens with one attached hydrogen (secondary N) is 1. The second-order valence-corrected chi connectivity index (χ2v) is 7.51. The van der Waals surface area contributed by atoms with Crippen molar-refractivity contribution in [2.75, 3.05) is 24.6 Å². The Morgan fingerprint density at radius 3 is 2.61 bits per heavy atom. The van der Waals surface area contributed by atoms with Crippen molar-refractivity contribution in [3.8, 4) is 0 Å². The lowest BCUT2D eigenvalue weighted by Gasteiger charge is -2.29. The Labute approximate surface area is 187 Å². The Morgan fingerprint density at radius 1 is 1.13 bits per heavy atom. The maximum Gasteiger partial charge on any atom is 0.325 e. The molecule has 0 aliphatic carbocycles. The maximum atomic E-state index is 12.5. The van der Waals surface area contributed by atoms with Crippen molar-refractivity contribution < 1.29 is 24.0 Å².